The Kier molecular flexibility index (Phi) is 9.61. The van der Waals surface area contributed by atoms with Crippen molar-refractivity contribution in [3.05, 3.63) is 22.5 Å². The first-order valence-electron chi connectivity index (χ1n) is 11.9. The van der Waals surface area contributed by atoms with Crippen molar-refractivity contribution in [2.24, 2.45) is 5.92 Å². The van der Waals surface area contributed by atoms with Crippen LogP contribution in [0.4, 0.5) is 0 Å². The SMILES string of the molecule is Cc1nc(-c2ccc(S(=O)(=O)N3CCCNC(=O)[C@@H](C(C)C)NC(=O)[C@@H](C)NC(=O)CCC3)s2)cs1. The van der Waals surface area contributed by atoms with Gasteiger partial charge in [0, 0.05) is 31.4 Å². The summed E-state index contributed by atoms with van der Waals surface area (Å²) < 4.78 is 28.5. The summed E-state index contributed by atoms with van der Waals surface area (Å²) in [5.74, 6) is -1.31. The Hall–Kier alpha value is -2.35. The van der Waals surface area contributed by atoms with Gasteiger partial charge in [-0.05, 0) is 44.7 Å². The number of thiazole rings is 1. The minimum absolute atomic E-state index is 0.0716. The van der Waals surface area contributed by atoms with Gasteiger partial charge in [-0.15, -0.1) is 22.7 Å². The van der Waals surface area contributed by atoms with Crippen molar-refractivity contribution in [2.75, 3.05) is 19.6 Å². The predicted molar refractivity (Wildman–Crippen MR) is 140 cm³/mol. The molecular weight excluding hydrogens is 522 g/mol. The number of carbonyl (C=O) groups is 3. The maximum Gasteiger partial charge on any atom is 0.252 e. The molecule has 13 heteroatoms. The lowest BCUT2D eigenvalue weighted by atomic mass is 10.0. The molecule has 2 aromatic rings. The van der Waals surface area contributed by atoms with Crippen LogP contribution in [0.25, 0.3) is 10.6 Å². The van der Waals surface area contributed by atoms with E-state index in [4.69, 9.17) is 0 Å². The van der Waals surface area contributed by atoms with Crippen LogP contribution in [0, 0.1) is 12.8 Å². The third-order valence-electron chi connectivity index (χ3n) is 5.76. The van der Waals surface area contributed by atoms with Crippen LogP contribution >= 0.6 is 22.7 Å². The van der Waals surface area contributed by atoms with E-state index >= 15 is 0 Å². The van der Waals surface area contributed by atoms with Crippen LogP contribution < -0.4 is 16.0 Å². The third kappa shape index (κ3) is 7.11. The summed E-state index contributed by atoms with van der Waals surface area (Å²) in [5, 5.41) is 10.9. The van der Waals surface area contributed by atoms with Gasteiger partial charge in [-0.1, -0.05) is 13.8 Å². The lowest BCUT2D eigenvalue weighted by molar-refractivity contribution is -0.132. The average Bonchev–Trinajstić information content (AvgIpc) is 3.47. The summed E-state index contributed by atoms with van der Waals surface area (Å²) in [4.78, 5) is 42.8. The Morgan fingerprint density at radius 3 is 2.47 bits per heavy atom. The van der Waals surface area contributed by atoms with Crippen molar-refractivity contribution in [1.29, 1.82) is 0 Å². The van der Waals surface area contributed by atoms with Gasteiger partial charge in [-0.2, -0.15) is 4.31 Å². The lowest BCUT2D eigenvalue weighted by Gasteiger charge is -2.24. The van der Waals surface area contributed by atoms with Gasteiger partial charge in [0.25, 0.3) is 10.0 Å². The molecule has 198 valence electrons. The minimum atomic E-state index is -3.81. The first-order chi connectivity index (χ1) is 17.0. The smallest absolute Gasteiger partial charge is 0.252 e. The Labute approximate surface area is 219 Å². The summed E-state index contributed by atoms with van der Waals surface area (Å²) in [6, 6.07) is 1.75. The molecule has 0 saturated carbocycles. The molecule has 0 unspecified atom stereocenters. The second-order valence-corrected chi connectivity index (χ2v) is 13.4. The molecule has 2 atom stereocenters. The highest BCUT2D eigenvalue weighted by atomic mass is 32.2. The lowest BCUT2D eigenvalue weighted by Crippen LogP contribution is -2.54. The standard InChI is InChI=1S/C23H33N5O5S3/c1-14(2)21-23(31)24-10-6-12-28(11-5-7-19(29)25-15(3)22(30)27-21)36(32,33)20-9-8-18(35-20)17-13-34-16(4)26-17/h8-9,13-15,21H,5-7,10-12H2,1-4H3,(H,24,31)(H,25,29)(H,27,30)/t15-,21-/m1/s1. The van der Waals surface area contributed by atoms with Crippen molar-refractivity contribution in [3.63, 3.8) is 0 Å². The third-order valence-corrected chi connectivity index (χ3v) is 10.0. The van der Waals surface area contributed by atoms with Crippen LogP contribution in [0.1, 0.15) is 45.0 Å². The predicted octanol–water partition coefficient (Wildman–Crippen LogP) is 2.12. The van der Waals surface area contributed by atoms with E-state index in [0.717, 1.165) is 26.9 Å². The fraction of sp³-hybridized carbons (Fsp3) is 0.565. The van der Waals surface area contributed by atoms with E-state index in [2.05, 4.69) is 20.9 Å². The van der Waals surface area contributed by atoms with Crippen molar-refractivity contribution < 1.29 is 22.8 Å². The van der Waals surface area contributed by atoms with Crippen LogP contribution in [0.3, 0.4) is 0 Å². The zero-order valence-corrected chi connectivity index (χ0v) is 23.3. The number of aromatic nitrogens is 1. The molecule has 0 aromatic carbocycles. The minimum Gasteiger partial charge on any atom is -0.354 e. The number of hydrogen-bond acceptors (Lipinski definition) is 8. The molecule has 36 heavy (non-hydrogen) atoms. The van der Waals surface area contributed by atoms with Gasteiger partial charge in [-0.25, -0.2) is 13.4 Å². The molecular formula is C23H33N5O5S3. The summed E-state index contributed by atoms with van der Waals surface area (Å²) in [7, 11) is -3.81. The van der Waals surface area contributed by atoms with Gasteiger partial charge in [0.2, 0.25) is 17.7 Å². The molecule has 0 bridgehead atoms. The van der Waals surface area contributed by atoms with Gasteiger partial charge in [0.15, 0.2) is 0 Å². The van der Waals surface area contributed by atoms with Crippen molar-refractivity contribution in [3.8, 4) is 10.6 Å². The van der Waals surface area contributed by atoms with Gasteiger partial charge < -0.3 is 16.0 Å². The number of carbonyl (C=O) groups excluding carboxylic acids is 3. The number of aryl methyl sites for hydroxylation is 1. The summed E-state index contributed by atoms with van der Waals surface area (Å²) in [6.07, 6.45) is 0.752. The van der Waals surface area contributed by atoms with Crippen LogP contribution in [0.5, 0.6) is 0 Å². The van der Waals surface area contributed by atoms with Gasteiger partial charge in [0.1, 0.15) is 16.3 Å². The zero-order chi connectivity index (χ0) is 26.5. The molecule has 3 heterocycles. The molecule has 3 rings (SSSR count). The Balaban J connectivity index is 1.79. The number of amides is 3. The van der Waals surface area contributed by atoms with Crippen LogP contribution in [0.2, 0.25) is 0 Å². The molecule has 3 amide bonds. The Bertz CT molecular complexity index is 1190. The van der Waals surface area contributed by atoms with Gasteiger partial charge in [0.05, 0.1) is 15.6 Å². The zero-order valence-electron chi connectivity index (χ0n) is 20.9. The molecule has 0 spiro atoms. The fourth-order valence-corrected chi connectivity index (χ4v) is 7.36. The number of rotatable bonds is 4. The van der Waals surface area contributed by atoms with E-state index in [9.17, 15) is 22.8 Å². The number of nitrogens with zero attached hydrogens (tertiary/aromatic N) is 2. The molecule has 0 radical (unpaired) electrons. The largest absolute Gasteiger partial charge is 0.354 e. The van der Waals surface area contributed by atoms with E-state index in [1.54, 1.807) is 19.1 Å². The van der Waals surface area contributed by atoms with E-state index < -0.39 is 28.0 Å². The number of thiophene rings is 1. The molecule has 1 fully saturated rings. The van der Waals surface area contributed by atoms with E-state index in [-0.39, 0.29) is 48.0 Å². The first kappa shape index (κ1) is 28.2. The quantitative estimate of drug-likeness (QED) is 0.529. The van der Waals surface area contributed by atoms with E-state index in [1.165, 1.54) is 15.6 Å². The van der Waals surface area contributed by atoms with Crippen LogP contribution in [0.15, 0.2) is 21.7 Å². The highest BCUT2D eigenvalue weighted by Gasteiger charge is 2.29. The van der Waals surface area contributed by atoms with E-state index in [1.807, 2.05) is 26.2 Å². The molecule has 3 N–H and O–H groups in total. The maximum atomic E-state index is 13.5. The second-order valence-electron chi connectivity index (χ2n) is 9.04. The molecule has 10 nitrogen and oxygen atoms in total. The second kappa shape index (κ2) is 12.3. The molecule has 1 aliphatic rings. The number of hydrogen-bond donors (Lipinski definition) is 3. The first-order valence-corrected chi connectivity index (χ1v) is 15.0. The topological polar surface area (TPSA) is 138 Å². The average molecular weight is 556 g/mol. The molecule has 1 aliphatic heterocycles. The Morgan fingerprint density at radius 2 is 1.81 bits per heavy atom. The van der Waals surface area contributed by atoms with E-state index in [0.29, 0.717) is 12.8 Å². The highest BCUT2D eigenvalue weighted by Crippen LogP contribution is 2.33. The molecule has 0 aliphatic carbocycles. The van der Waals surface area contributed by atoms with Gasteiger partial charge >= 0.3 is 0 Å². The summed E-state index contributed by atoms with van der Waals surface area (Å²) in [5.41, 5.74) is 0.748. The van der Waals surface area contributed by atoms with Gasteiger partial charge in [-0.3, -0.25) is 14.4 Å². The van der Waals surface area contributed by atoms with Crippen LogP contribution in [-0.4, -0.2) is 67.1 Å². The van der Waals surface area contributed by atoms with Crippen molar-refractivity contribution in [2.45, 2.75) is 63.3 Å². The molecule has 1 saturated heterocycles. The normalized spacial score (nSPS) is 21.9. The fourth-order valence-electron chi connectivity index (χ4n) is 3.74. The Morgan fingerprint density at radius 1 is 1.08 bits per heavy atom. The summed E-state index contributed by atoms with van der Waals surface area (Å²) in [6.45, 7) is 7.66. The van der Waals surface area contributed by atoms with Crippen LogP contribution in [-0.2, 0) is 24.4 Å². The molecule has 2 aromatic heterocycles. The highest BCUT2D eigenvalue weighted by molar-refractivity contribution is 7.91. The van der Waals surface area contributed by atoms with Crippen molar-refractivity contribution in [1.82, 2.24) is 25.2 Å². The van der Waals surface area contributed by atoms with Crippen molar-refractivity contribution >= 4 is 50.4 Å². The number of sulfonamides is 1. The maximum absolute atomic E-state index is 13.5. The number of nitrogens with one attached hydrogen (secondary N) is 3. The monoisotopic (exact) mass is 555 g/mol. The summed E-state index contributed by atoms with van der Waals surface area (Å²) >= 11 is 2.66.